The SMILES string of the molecule is COC1CCCC1NC1CCCN(C(=O)OC(C)(C)C)C1. The molecule has 0 aromatic carbocycles. The van der Waals surface area contributed by atoms with Crippen LogP contribution in [0.2, 0.25) is 0 Å². The standard InChI is InChI=1S/C16H30N2O3/c1-16(2,3)21-15(19)18-10-6-7-12(11-18)17-13-8-5-9-14(13)20-4/h12-14,17H,5-11H2,1-4H3. The fourth-order valence-corrected chi connectivity index (χ4v) is 3.31. The summed E-state index contributed by atoms with van der Waals surface area (Å²) in [4.78, 5) is 14.0. The zero-order chi connectivity index (χ0) is 15.5. The number of hydrogen-bond donors (Lipinski definition) is 1. The molecule has 1 amide bonds. The van der Waals surface area contributed by atoms with Crippen LogP contribution in [0.5, 0.6) is 0 Å². The second kappa shape index (κ2) is 6.97. The predicted octanol–water partition coefficient (Wildman–Crippen LogP) is 2.54. The average Bonchev–Trinajstić information content (AvgIpc) is 2.84. The van der Waals surface area contributed by atoms with E-state index >= 15 is 0 Å². The van der Waals surface area contributed by atoms with E-state index in [2.05, 4.69) is 5.32 Å². The Balaban J connectivity index is 1.84. The van der Waals surface area contributed by atoms with Crippen molar-refractivity contribution in [2.75, 3.05) is 20.2 Å². The van der Waals surface area contributed by atoms with Crippen molar-refractivity contribution >= 4 is 6.09 Å². The number of hydrogen-bond acceptors (Lipinski definition) is 4. The zero-order valence-corrected chi connectivity index (χ0v) is 13.9. The molecule has 0 aromatic rings. The molecule has 122 valence electrons. The first-order valence-corrected chi connectivity index (χ1v) is 8.16. The van der Waals surface area contributed by atoms with Gasteiger partial charge in [0.05, 0.1) is 6.10 Å². The summed E-state index contributed by atoms with van der Waals surface area (Å²) in [5.74, 6) is 0. The summed E-state index contributed by atoms with van der Waals surface area (Å²) in [5, 5.41) is 3.69. The van der Waals surface area contributed by atoms with Gasteiger partial charge in [0.15, 0.2) is 0 Å². The van der Waals surface area contributed by atoms with Crippen LogP contribution in [0, 0.1) is 0 Å². The molecule has 1 saturated heterocycles. The fraction of sp³-hybridized carbons (Fsp3) is 0.938. The Morgan fingerprint density at radius 1 is 1.19 bits per heavy atom. The highest BCUT2D eigenvalue weighted by molar-refractivity contribution is 5.68. The van der Waals surface area contributed by atoms with E-state index in [4.69, 9.17) is 9.47 Å². The second-order valence-corrected chi connectivity index (χ2v) is 7.24. The van der Waals surface area contributed by atoms with Crippen LogP contribution < -0.4 is 5.32 Å². The zero-order valence-electron chi connectivity index (χ0n) is 13.9. The van der Waals surface area contributed by atoms with Crippen molar-refractivity contribution in [2.24, 2.45) is 0 Å². The van der Waals surface area contributed by atoms with Gasteiger partial charge in [0.25, 0.3) is 0 Å². The number of nitrogens with zero attached hydrogens (tertiary/aromatic N) is 1. The summed E-state index contributed by atoms with van der Waals surface area (Å²) in [5.41, 5.74) is -0.427. The summed E-state index contributed by atoms with van der Waals surface area (Å²) >= 11 is 0. The van der Waals surface area contributed by atoms with E-state index in [9.17, 15) is 4.79 Å². The molecule has 5 nitrogen and oxygen atoms in total. The van der Waals surface area contributed by atoms with E-state index in [0.717, 1.165) is 32.4 Å². The van der Waals surface area contributed by atoms with Crippen molar-refractivity contribution in [1.29, 1.82) is 0 Å². The number of piperidine rings is 1. The maximum Gasteiger partial charge on any atom is 0.410 e. The lowest BCUT2D eigenvalue weighted by Gasteiger charge is -2.36. The summed E-state index contributed by atoms with van der Waals surface area (Å²) in [7, 11) is 1.79. The van der Waals surface area contributed by atoms with Crippen LogP contribution in [0.15, 0.2) is 0 Å². The van der Waals surface area contributed by atoms with Crippen LogP contribution in [0.25, 0.3) is 0 Å². The van der Waals surface area contributed by atoms with Crippen LogP contribution in [0.3, 0.4) is 0 Å². The average molecular weight is 298 g/mol. The van der Waals surface area contributed by atoms with Crippen LogP contribution in [-0.2, 0) is 9.47 Å². The largest absolute Gasteiger partial charge is 0.444 e. The molecule has 3 atom stereocenters. The van der Waals surface area contributed by atoms with Gasteiger partial charge < -0.3 is 19.7 Å². The molecule has 1 aliphatic heterocycles. The normalized spacial score (nSPS) is 30.5. The lowest BCUT2D eigenvalue weighted by Crippen LogP contribution is -2.53. The van der Waals surface area contributed by atoms with Crippen molar-refractivity contribution in [2.45, 2.75) is 76.7 Å². The minimum atomic E-state index is -0.427. The second-order valence-electron chi connectivity index (χ2n) is 7.24. The van der Waals surface area contributed by atoms with E-state index in [1.54, 1.807) is 7.11 Å². The van der Waals surface area contributed by atoms with Crippen molar-refractivity contribution in [3.63, 3.8) is 0 Å². The lowest BCUT2D eigenvalue weighted by atomic mass is 10.0. The predicted molar refractivity (Wildman–Crippen MR) is 82.4 cm³/mol. The van der Waals surface area contributed by atoms with Crippen LogP contribution in [0.4, 0.5) is 4.79 Å². The molecule has 1 heterocycles. The Bertz CT molecular complexity index is 354. The quantitative estimate of drug-likeness (QED) is 0.870. The van der Waals surface area contributed by atoms with Crippen LogP contribution in [0.1, 0.15) is 52.9 Å². The molecule has 0 aromatic heterocycles. The van der Waals surface area contributed by atoms with E-state index in [-0.39, 0.29) is 6.09 Å². The molecular formula is C16H30N2O3. The highest BCUT2D eigenvalue weighted by atomic mass is 16.6. The molecule has 2 fully saturated rings. The highest BCUT2D eigenvalue weighted by Crippen LogP contribution is 2.23. The Morgan fingerprint density at radius 2 is 1.95 bits per heavy atom. The monoisotopic (exact) mass is 298 g/mol. The maximum absolute atomic E-state index is 12.2. The van der Waals surface area contributed by atoms with Gasteiger partial charge >= 0.3 is 6.09 Å². The van der Waals surface area contributed by atoms with E-state index in [0.29, 0.717) is 18.2 Å². The number of likely N-dealkylation sites (tertiary alicyclic amines) is 1. The summed E-state index contributed by atoms with van der Waals surface area (Å²) in [6.07, 6.45) is 5.80. The molecule has 0 spiro atoms. The Morgan fingerprint density at radius 3 is 2.62 bits per heavy atom. The highest BCUT2D eigenvalue weighted by Gasteiger charge is 2.32. The third-order valence-corrected chi connectivity index (χ3v) is 4.28. The van der Waals surface area contributed by atoms with Gasteiger partial charge in [0.2, 0.25) is 0 Å². The third kappa shape index (κ3) is 4.85. The van der Waals surface area contributed by atoms with Gasteiger partial charge in [-0.05, 0) is 52.9 Å². The van der Waals surface area contributed by atoms with E-state index in [1.165, 1.54) is 12.8 Å². The van der Waals surface area contributed by atoms with Gasteiger partial charge in [-0.2, -0.15) is 0 Å². The van der Waals surface area contributed by atoms with Gasteiger partial charge in [-0.3, -0.25) is 0 Å². The van der Waals surface area contributed by atoms with Crippen LogP contribution in [-0.4, -0.2) is 55.0 Å². The number of methoxy groups -OCH3 is 1. The molecule has 5 heteroatoms. The molecule has 3 unspecified atom stereocenters. The molecule has 1 aliphatic carbocycles. The maximum atomic E-state index is 12.2. The topological polar surface area (TPSA) is 50.8 Å². The number of ether oxygens (including phenoxy) is 2. The van der Waals surface area contributed by atoms with Crippen molar-refractivity contribution in [3.8, 4) is 0 Å². The summed E-state index contributed by atoms with van der Waals surface area (Å²) in [6, 6.07) is 0.783. The minimum absolute atomic E-state index is 0.191. The van der Waals surface area contributed by atoms with E-state index < -0.39 is 5.60 Å². The van der Waals surface area contributed by atoms with Crippen LogP contribution >= 0.6 is 0 Å². The van der Waals surface area contributed by atoms with Gasteiger partial charge in [0.1, 0.15) is 5.60 Å². The van der Waals surface area contributed by atoms with Gasteiger partial charge in [-0.15, -0.1) is 0 Å². The van der Waals surface area contributed by atoms with Gasteiger partial charge in [-0.25, -0.2) is 4.79 Å². The molecular weight excluding hydrogens is 268 g/mol. The molecule has 2 aliphatic rings. The smallest absolute Gasteiger partial charge is 0.410 e. The van der Waals surface area contributed by atoms with Gasteiger partial charge in [0, 0.05) is 32.3 Å². The lowest BCUT2D eigenvalue weighted by molar-refractivity contribution is 0.0167. The molecule has 0 radical (unpaired) electrons. The molecule has 2 rings (SSSR count). The Labute approximate surface area is 128 Å². The first-order valence-electron chi connectivity index (χ1n) is 8.16. The number of rotatable bonds is 3. The molecule has 0 bridgehead atoms. The third-order valence-electron chi connectivity index (χ3n) is 4.28. The van der Waals surface area contributed by atoms with Crippen molar-refractivity contribution < 1.29 is 14.3 Å². The van der Waals surface area contributed by atoms with E-state index in [1.807, 2.05) is 25.7 Å². The molecule has 21 heavy (non-hydrogen) atoms. The van der Waals surface area contributed by atoms with Crippen molar-refractivity contribution in [3.05, 3.63) is 0 Å². The first-order chi connectivity index (χ1) is 9.89. The van der Waals surface area contributed by atoms with Crippen molar-refractivity contribution in [1.82, 2.24) is 10.2 Å². The summed E-state index contributed by atoms with van der Waals surface area (Å²) in [6.45, 7) is 7.26. The van der Waals surface area contributed by atoms with Gasteiger partial charge in [-0.1, -0.05) is 0 Å². The number of carbonyl (C=O) groups is 1. The molecule has 1 N–H and O–H groups in total. The number of nitrogens with one attached hydrogen (secondary N) is 1. The Kier molecular flexibility index (Phi) is 5.49. The Hall–Kier alpha value is -0.810. The first kappa shape index (κ1) is 16.6. The number of carbonyl (C=O) groups excluding carboxylic acids is 1. The fourth-order valence-electron chi connectivity index (χ4n) is 3.31. The summed E-state index contributed by atoms with van der Waals surface area (Å²) < 4.78 is 11.0. The number of amides is 1. The minimum Gasteiger partial charge on any atom is -0.444 e. The molecule has 1 saturated carbocycles.